The molecule has 1 heterocycles. The molecule has 1 aromatic carbocycles. The molecule has 1 aromatic rings. The minimum atomic E-state index is -0.977. The van der Waals surface area contributed by atoms with Gasteiger partial charge in [-0.05, 0) is 37.8 Å². The zero-order valence-electron chi connectivity index (χ0n) is 14.1. The Labute approximate surface area is 142 Å². The number of aliphatic carboxylic acids is 1. The summed E-state index contributed by atoms with van der Waals surface area (Å²) in [5, 5.41) is 9.51. The quantitative estimate of drug-likeness (QED) is 0.843. The zero-order valence-corrected chi connectivity index (χ0v) is 14.1. The van der Waals surface area contributed by atoms with Crippen LogP contribution in [0.3, 0.4) is 0 Å². The van der Waals surface area contributed by atoms with Gasteiger partial charge in [-0.2, -0.15) is 0 Å². The van der Waals surface area contributed by atoms with Gasteiger partial charge >= 0.3 is 5.97 Å². The lowest BCUT2D eigenvalue weighted by Crippen LogP contribution is -2.59. The standard InChI is InChI=1S/C19H25NO4/c1-13-7-9-15(10-8-13)24-16-11-20(12-16)18(21)17(19(22)23)14-5-3-2-4-6-14/h7-10,14,16-17H,2-6,11-12H2,1H3,(H,22,23)/t17-/m1/s1. The maximum atomic E-state index is 12.6. The largest absolute Gasteiger partial charge is 0.487 e. The van der Waals surface area contributed by atoms with Crippen LogP contribution in [-0.2, 0) is 9.59 Å². The fourth-order valence-electron chi connectivity index (χ4n) is 3.68. The maximum Gasteiger partial charge on any atom is 0.316 e. The van der Waals surface area contributed by atoms with Crippen molar-refractivity contribution in [3.63, 3.8) is 0 Å². The predicted octanol–water partition coefficient (Wildman–Crippen LogP) is 2.87. The monoisotopic (exact) mass is 331 g/mol. The van der Waals surface area contributed by atoms with Crippen LogP contribution in [0.4, 0.5) is 0 Å². The summed E-state index contributed by atoms with van der Waals surface area (Å²) in [5.41, 5.74) is 1.17. The Morgan fingerprint density at radius 2 is 1.75 bits per heavy atom. The number of carbonyl (C=O) groups is 2. The molecule has 24 heavy (non-hydrogen) atoms. The number of benzene rings is 1. The Morgan fingerprint density at radius 3 is 2.33 bits per heavy atom. The molecule has 0 unspecified atom stereocenters. The first-order valence-electron chi connectivity index (χ1n) is 8.79. The molecule has 5 heteroatoms. The Morgan fingerprint density at radius 1 is 1.12 bits per heavy atom. The first-order valence-corrected chi connectivity index (χ1v) is 8.79. The Hall–Kier alpha value is -2.04. The van der Waals surface area contributed by atoms with Gasteiger partial charge in [0.25, 0.3) is 0 Å². The number of nitrogens with zero attached hydrogens (tertiary/aromatic N) is 1. The third-order valence-corrected chi connectivity index (χ3v) is 5.14. The van der Waals surface area contributed by atoms with Gasteiger partial charge in [0.1, 0.15) is 17.8 Å². The van der Waals surface area contributed by atoms with Crippen LogP contribution in [0, 0.1) is 18.8 Å². The van der Waals surface area contributed by atoms with Gasteiger partial charge in [0.2, 0.25) is 5.91 Å². The smallest absolute Gasteiger partial charge is 0.316 e. The normalized spacial score (nSPS) is 20.3. The number of hydrogen-bond acceptors (Lipinski definition) is 3. The second kappa shape index (κ2) is 7.24. The van der Waals surface area contributed by atoms with Gasteiger partial charge in [0.15, 0.2) is 0 Å². The third-order valence-electron chi connectivity index (χ3n) is 5.14. The Kier molecular flexibility index (Phi) is 5.07. The van der Waals surface area contributed by atoms with Crippen LogP contribution in [0.2, 0.25) is 0 Å². The van der Waals surface area contributed by atoms with E-state index in [9.17, 15) is 14.7 Å². The van der Waals surface area contributed by atoms with Crippen molar-refractivity contribution in [2.45, 2.75) is 45.1 Å². The summed E-state index contributed by atoms with van der Waals surface area (Å²) in [6.45, 7) is 2.97. The van der Waals surface area contributed by atoms with Gasteiger partial charge in [0, 0.05) is 0 Å². The number of amides is 1. The molecule has 1 saturated carbocycles. The molecule has 1 saturated heterocycles. The highest BCUT2D eigenvalue weighted by Gasteiger charge is 2.42. The first kappa shape index (κ1) is 16.8. The first-order chi connectivity index (χ1) is 11.5. The van der Waals surface area contributed by atoms with Crippen LogP contribution in [0.1, 0.15) is 37.7 Å². The molecule has 3 rings (SSSR count). The van der Waals surface area contributed by atoms with Crippen molar-refractivity contribution < 1.29 is 19.4 Å². The van der Waals surface area contributed by atoms with Crippen LogP contribution < -0.4 is 4.74 Å². The van der Waals surface area contributed by atoms with E-state index in [2.05, 4.69) is 0 Å². The number of carboxylic acids is 1. The molecule has 0 aromatic heterocycles. The summed E-state index contributed by atoms with van der Waals surface area (Å²) in [6, 6.07) is 7.81. The van der Waals surface area contributed by atoms with Gasteiger partial charge in [0.05, 0.1) is 13.1 Å². The number of hydrogen-bond donors (Lipinski definition) is 1. The molecule has 2 aliphatic rings. The number of aryl methyl sites for hydroxylation is 1. The van der Waals surface area contributed by atoms with Crippen molar-refractivity contribution in [1.82, 2.24) is 4.90 Å². The fraction of sp³-hybridized carbons (Fsp3) is 0.579. The summed E-state index contributed by atoms with van der Waals surface area (Å²) < 4.78 is 5.83. The van der Waals surface area contributed by atoms with Crippen molar-refractivity contribution in [2.24, 2.45) is 11.8 Å². The minimum absolute atomic E-state index is 0.0131. The topological polar surface area (TPSA) is 66.8 Å². The number of rotatable bonds is 5. The van der Waals surface area contributed by atoms with E-state index in [1.807, 2.05) is 31.2 Å². The highest BCUT2D eigenvalue weighted by Crippen LogP contribution is 2.32. The molecule has 1 N–H and O–H groups in total. The predicted molar refractivity (Wildman–Crippen MR) is 89.9 cm³/mol. The van der Waals surface area contributed by atoms with E-state index in [1.165, 1.54) is 5.56 Å². The van der Waals surface area contributed by atoms with Crippen LogP contribution in [-0.4, -0.2) is 41.1 Å². The molecular weight excluding hydrogens is 306 g/mol. The maximum absolute atomic E-state index is 12.6. The van der Waals surface area contributed by atoms with Crippen LogP contribution in [0.5, 0.6) is 5.75 Å². The van der Waals surface area contributed by atoms with Crippen molar-refractivity contribution in [3.05, 3.63) is 29.8 Å². The third kappa shape index (κ3) is 3.71. The lowest BCUT2D eigenvalue weighted by molar-refractivity contribution is -0.159. The van der Waals surface area contributed by atoms with E-state index in [4.69, 9.17) is 4.74 Å². The van der Waals surface area contributed by atoms with Gasteiger partial charge in [-0.25, -0.2) is 0 Å². The van der Waals surface area contributed by atoms with Crippen molar-refractivity contribution in [2.75, 3.05) is 13.1 Å². The van der Waals surface area contributed by atoms with E-state index >= 15 is 0 Å². The molecule has 2 fully saturated rings. The number of ether oxygens (including phenoxy) is 1. The van der Waals surface area contributed by atoms with Crippen LogP contribution in [0.25, 0.3) is 0 Å². The van der Waals surface area contributed by atoms with E-state index in [1.54, 1.807) is 4.90 Å². The summed E-state index contributed by atoms with van der Waals surface area (Å²) in [7, 11) is 0. The second-order valence-electron chi connectivity index (χ2n) is 7.01. The molecule has 0 spiro atoms. The van der Waals surface area contributed by atoms with E-state index in [0.717, 1.165) is 37.9 Å². The van der Waals surface area contributed by atoms with E-state index in [0.29, 0.717) is 13.1 Å². The lowest BCUT2D eigenvalue weighted by atomic mass is 9.79. The summed E-state index contributed by atoms with van der Waals surface area (Å²) in [5.74, 6) is -1.32. The molecule has 1 atom stereocenters. The minimum Gasteiger partial charge on any atom is -0.487 e. The molecule has 1 aliphatic heterocycles. The fourth-order valence-corrected chi connectivity index (χ4v) is 3.68. The molecular formula is C19H25NO4. The van der Waals surface area contributed by atoms with Gasteiger partial charge in [-0.3, -0.25) is 9.59 Å². The summed E-state index contributed by atoms with van der Waals surface area (Å²) in [4.78, 5) is 25.8. The second-order valence-corrected chi connectivity index (χ2v) is 7.01. The molecule has 1 amide bonds. The Bertz CT molecular complexity index is 586. The van der Waals surface area contributed by atoms with Gasteiger partial charge in [-0.15, -0.1) is 0 Å². The summed E-state index contributed by atoms with van der Waals surface area (Å²) >= 11 is 0. The van der Waals surface area contributed by atoms with Crippen molar-refractivity contribution in [3.8, 4) is 5.75 Å². The van der Waals surface area contributed by atoms with E-state index < -0.39 is 11.9 Å². The molecule has 5 nitrogen and oxygen atoms in total. The van der Waals surface area contributed by atoms with Crippen molar-refractivity contribution >= 4 is 11.9 Å². The van der Waals surface area contributed by atoms with Crippen molar-refractivity contribution in [1.29, 1.82) is 0 Å². The highest BCUT2D eigenvalue weighted by atomic mass is 16.5. The average molecular weight is 331 g/mol. The van der Waals surface area contributed by atoms with Crippen LogP contribution in [0.15, 0.2) is 24.3 Å². The summed E-state index contributed by atoms with van der Waals surface area (Å²) in [6.07, 6.45) is 4.85. The lowest BCUT2D eigenvalue weighted by Gasteiger charge is -2.41. The SMILES string of the molecule is Cc1ccc(OC2CN(C(=O)[C@H](C(=O)O)C3CCCCC3)C2)cc1. The van der Waals surface area contributed by atoms with Crippen LogP contribution >= 0.6 is 0 Å². The zero-order chi connectivity index (χ0) is 17.1. The molecule has 0 radical (unpaired) electrons. The highest BCUT2D eigenvalue weighted by molar-refractivity contribution is 5.97. The number of carboxylic acid groups (broad SMARTS) is 1. The Balaban J connectivity index is 1.54. The molecule has 130 valence electrons. The number of likely N-dealkylation sites (tertiary alicyclic amines) is 1. The van der Waals surface area contributed by atoms with Gasteiger partial charge in [-0.1, -0.05) is 37.0 Å². The average Bonchev–Trinajstić information content (AvgIpc) is 2.53. The van der Waals surface area contributed by atoms with E-state index in [-0.39, 0.29) is 17.9 Å². The van der Waals surface area contributed by atoms with Gasteiger partial charge < -0.3 is 14.7 Å². The molecule has 1 aliphatic carbocycles. The number of carbonyl (C=O) groups excluding carboxylic acids is 1. The molecule has 0 bridgehead atoms.